The van der Waals surface area contributed by atoms with Gasteiger partial charge in [0.25, 0.3) is 0 Å². The van der Waals surface area contributed by atoms with Gasteiger partial charge in [-0.1, -0.05) is 18.2 Å². The summed E-state index contributed by atoms with van der Waals surface area (Å²) in [6.07, 6.45) is 5.39. The summed E-state index contributed by atoms with van der Waals surface area (Å²) in [5, 5.41) is 14.1. The summed E-state index contributed by atoms with van der Waals surface area (Å²) in [5.41, 5.74) is -0.710. The van der Waals surface area contributed by atoms with Gasteiger partial charge in [-0.2, -0.15) is 0 Å². The number of benzene rings is 1. The van der Waals surface area contributed by atoms with Gasteiger partial charge in [0.05, 0.1) is 12.1 Å². The SMILES string of the molecule is O=C(CN1C2CCC1CC(O)(c1ccccc1F)C2)NCC1CC1. The van der Waals surface area contributed by atoms with E-state index in [1.54, 1.807) is 18.2 Å². The minimum Gasteiger partial charge on any atom is -0.385 e. The third-order valence-electron chi connectivity index (χ3n) is 5.90. The van der Waals surface area contributed by atoms with Gasteiger partial charge in [-0.15, -0.1) is 0 Å². The lowest BCUT2D eigenvalue weighted by Crippen LogP contribution is -2.52. The number of nitrogens with zero attached hydrogens (tertiary/aromatic N) is 1. The van der Waals surface area contributed by atoms with E-state index in [0.717, 1.165) is 19.4 Å². The second-order valence-electron chi connectivity index (χ2n) is 7.72. The first-order valence-corrected chi connectivity index (χ1v) is 9.05. The molecular formula is C19H25FN2O2. The van der Waals surface area contributed by atoms with E-state index in [-0.39, 0.29) is 23.8 Å². The van der Waals surface area contributed by atoms with Crippen molar-refractivity contribution in [3.05, 3.63) is 35.6 Å². The molecule has 1 aromatic rings. The van der Waals surface area contributed by atoms with Gasteiger partial charge in [0.15, 0.2) is 0 Å². The summed E-state index contributed by atoms with van der Waals surface area (Å²) in [7, 11) is 0. The molecule has 130 valence electrons. The average molecular weight is 332 g/mol. The Morgan fingerprint density at radius 3 is 2.50 bits per heavy atom. The fourth-order valence-electron chi connectivity index (χ4n) is 4.43. The minimum absolute atomic E-state index is 0.0788. The maximum atomic E-state index is 14.1. The van der Waals surface area contributed by atoms with Gasteiger partial charge in [0.1, 0.15) is 5.82 Å². The molecule has 2 N–H and O–H groups in total. The first kappa shape index (κ1) is 16.0. The number of fused-ring (bicyclic) bond motifs is 2. The molecule has 0 radical (unpaired) electrons. The van der Waals surface area contributed by atoms with Crippen LogP contribution in [0.4, 0.5) is 4.39 Å². The third-order valence-corrected chi connectivity index (χ3v) is 5.90. The number of piperidine rings is 1. The van der Waals surface area contributed by atoms with Crippen LogP contribution in [-0.2, 0) is 10.4 Å². The number of nitrogens with one attached hydrogen (secondary N) is 1. The van der Waals surface area contributed by atoms with Crippen LogP contribution < -0.4 is 5.32 Å². The molecule has 24 heavy (non-hydrogen) atoms. The van der Waals surface area contributed by atoms with Crippen LogP contribution in [0.25, 0.3) is 0 Å². The molecule has 2 bridgehead atoms. The molecule has 1 amide bonds. The van der Waals surface area contributed by atoms with E-state index in [2.05, 4.69) is 10.2 Å². The summed E-state index contributed by atoms with van der Waals surface area (Å²) in [4.78, 5) is 14.4. The molecule has 2 aliphatic heterocycles. The van der Waals surface area contributed by atoms with Gasteiger partial charge >= 0.3 is 0 Å². The predicted molar refractivity (Wildman–Crippen MR) is 88.8 cm³/mol. The molecule has 1 aromatic carbocycles. The van der Waals surface area contributed by atoms with E-state index in [9.17, 15) is 14.3 Å². The van der Waals surface area contributed by atoms with Crippen LogP contribution in [0, 0.1) is 11.7 Å². The lowest BCUT2D eigenvalue weighted by Gasteiger charge is -2.43. The van der Waals surface area contributed by atoms with Crippen LogP contribution in [0.5, 0.6) is 0 Å². The summed E-state index contributed by atoms with van der Waals surface area (Å²) in [5.74, 6) is 0.420. The Labute approximate surface area is 142 Å². The van der Waals surface area contributed by atoms with Crippen molar-refractivity contribution in [1.29, 1.82) is 0 Å². The zero-order chi connectivity index (χ0) is 16.7. The zero-order valence-electron chi connectivity index (χ0n) is 13.9. The van der Waals surface area contributed by atoms with Crippen molar-refractivity contribution in [2.75, 3.05) is 13.1 Å². The van der Waals surface area contributed by atoms with E-state index < -0.39 is 5.60 Å². The van der Waals surface area contributed by atoms with E-state index in [0.29, 0.717) is 30.9 Å². The average Bonchev–Trinajstić information content (AvgIpc) is 3.34. The lowest BCUT2D eigenvalue weighted by molar-refractivity contribution is -0.126. The highest BCUT2D eigenvalue weighted by atomic mass is 19.1. The van der Waals surface area contributed by atoms with Crippen molar-refractivity contribution in [3.63, 3.8) is 0 Å². The second-order valence-corrected chi connectivity index (χ2v) is 7.72. The first-order valence-electron chi connectivity index (χ1n) is 9.05. The largest absolute Gasteiger partial charge is 0.385 e. The Balaban J connectivity index is 1.43. The Hall–Kier alpha value is -1.46. The van der Waals surface area contributed by atoms with Crippen molar-refractivity contribution in [1.82, 2.24) is 10.2 Å². The number of carbonyl (C=O) groups is 1. The topological polar surface area (TPSA) is 52.6 Å². The lowest BCUT2D eigenvalue weighted by atomic mass is 9.80. The second kappa shape index (κ2) is 6.12. The number of hydrogen-bond donors (Lipinski definition) is 2. The number of amides is 1. The Morgan fingerprint density at radius 1 is 1.21 bits per heavy atom. The number of hydrogen-bond acceptors (Lipinski definition) is 3. The number of halogens is 1. The van der Waals surface area contributed by atoms with Gasteiger partial charge in [-0.05, 0) is 50.5 Å². The molecule has 3 aliphatic rings. The number of rotatable bonds is 5. The Kier molecular flexibility index (Phi) is 4.09. The summed E-state index contributed by atoms with van der Waals surface area (Å²) in [6, 6.07) is 6.83. The molecule has 4 rings (SSSR count). The molecule has 0 spiro atoms. The fourth-order valence-corrected chi connectivity index (χ4v) is 4.43. The standard InChI is InChI=1S/C19H25FN2O2/c20-17-4-2-1-3-16(17)19(24)9-14-7-8-15(10-19)22(14)12-18(23)21-11-13-5-6-13/h1-4,13-15,24H,5-12H2,(H,21,23). The Morgan fingerprint density at radius 2 is 1.88 bits per heavy atom. The molecule has 2 heterocycles. The monoisotopic (exact) mass is 332 g/mol. The molecule has 3 fully saturated rings. The Bertz CT molecular complexity index is 618. The molecule has 1 saturated carbocycles. The molecule has 2 saturated heterocycles. The quantitative estimate of drug-likeness (QED) is 0.869. The molecule has 0 aromatic heterocycles. The molecule has 2 atom stereocenters. The van der Waals surface area contributed by atoms with E-state index in [1.807, 2.05) is 0 Å². The maximum absolute atomic E-state index is 14.1. The van der Waals surface area contributed by atoms with Crippen LogP contribution in [0.3, 0.4) is 0 Å². The highest BCUT2D eigenvalue weighted by Crippen LogP contribution is 2.46. The molecular weight excluding hydrogens is 307 g/mol. The van der Waals surface area contributed by atoms with E-state index in [4.69, 9.17) is 0 Å². The molecule has 2 unspecified atom stereocenters. The van der Waals surface area contributed by atoms with Crippen LogP contribution in [0.2, 0.25) is 0 Å². The molecule has 5 heteroatoms. The van der Waals surface area contributed by atoms with Crippen LogP contribution in [0.1, 0.15) is 44.1 Å². The molecule has 1 aliphatic carbocycles. The van der Waals surface area contributed by atoms with Gasteiger partial charge in [-0.3, -0.25) is 9.69 Å². The summed E-state index contributed by atoms with van der Waals surface area (Å²) < 4.78 is 14.1. The smallest absolute Gasteiger partial charge is 0.234 e. The number of carbonyl (C=O) groups excluding carboxylic acids is 1. The van der Waals surface area contributed by atoms with Crippen LogP contribution in [-0.4, -0.2) is 41.1 Å². The first-order chi connectivity index (χ1) is 11.5. The van der Waals surface area contributed by atoms with Crippen LogP contribution >= 0.6 is 0 Å². The van der Waals surface area contributed by atoms with Crippen molar-refractivity contribution in [2.24, 2.45) is 5.92 Å². The van der Waals surface area contributed by atoms with Crippen LogP contribution in [0.15, 0.2) is 24.3 Å². The highest BCUT2D eigenvalue weighted by Gasteiger charge is 2.49. The zero-order valence-corrected chi connectivity index (χ0v) is 13.9. The fraction of sp³-hybridized carbons (Fsp3) is 0.632. The highest BCUT2D eigenvalue weighted by molar-refractivity contribution is 5.78. The van der Waals surface area contributed by atoms with Gasteiger partial charge < -0.3 is 10.4 Å². The van der Waals surface area contributed by atoms with Crippen molar-refractivity contribution in [2.45, 2.75) is 56.2 Å². The van der Waals surface area contributed by atoms with Gasteiger partial charge in [-0.25, -0.2) is 4.39 Å². The number of aliphatic hydroxyl groups is 1. The maximum Gasteiger partial charge on any atom is 0.234 e. The third kappa shape index (κ3) is 3.07. The molecule has 4 nitrogen and oxygen atoms in total. The van der Waals surface area contributed by atoms with Gasteiger partial charge in [0, 0.05) is 24.2 Å². The van der Waals surface area contributed by atoms with Crippen molar-refractivity contribution >= 4 is 5.91 Å². The van der Waals surface area contributed by atoms with E-state index in [1.165, 1.54) is 18.9 Å². The summed E-state index contributed by atoms with van der Waals surface area (Å²) >= 11 is 0. The van der Waals surface area contributed by atoms with E-state index >= 15 is 0 Å². The van der Waals surface area contributed by atoms with Crippen molar-refractivity contribution < 1.29 is 14.3 Å². The summed E-state index contributed by atoms with van der Waals surface area (Å²) in [6.45, 7) is 1.19. The normalized spacial score (nSPS) is 32.8. The van der Waals surface area contributed by atoms with Crippen molar-refractivity contribution in [3.8, 4) is 0 Å². The minimum atomic E-state index is -1.11. The predicted octanol–water partition coefficient (Wildman–Crippen LogP) is 2.17. The van der Waals surface area contributed by atoms with Gasteiger partial charge in [0.2, 0.25) is 5.91 Å².